The minimum atomic E-state index is -0.188. The molecule has 0 saturated carbocycles. The van der Waals surface area contributed by atoms with Crippen molar-refractivity contribution in [1.29, 1.82) is 0 Å². The van der Waals surface area contributed by atoms with E-state index in [-0.39, 0.29) is 30.4 Å². The van der Waals surface area contributed by atoms with Crippen LogP contribution in [0.5, 0.6) is 0 Å². The van der Waals surface area contributed by atoms with Crippen molar-refractivity contribution in [2.24, 2.45) is 0 Å². The lowest BCUT2D eigenvalue weighted by Crippen LogP contribution is -2.49. The molecule has 1 aromatic rings. The Hall–Kier alpha value is -2.10. The first-order chi connectivity index (χ1) is 14.4. The van der Waals surface area contributed by atoms with E-state index < -0.39 is 0 Å². The summed E-state index contributed by atoms with van der Waals surface area (Å²) in [6.45, 7) is 11.7. The Kier molecular flexibility index (Phi) is 8.12. The summed E-state index contributed by atoms with van der Waals surface area (Å²) in [5.74, 6) is -0.136. The van der Waals surface area contributed by atoms with Gasteiger partial charge in [-0.25, -0.2) is 4.98 Å². The zero-order valence-electron chi connectivity index (χ0n) is 18.2. The summed E-state index contributed by atoms with van der Waals surface area (Å²) in [5, 5.41) is 0. The van der Waals surface area contributed by atoms with Gasteiger partial charge in [0.15, 0.2) is 0 Å². The Balaban J connectivity index is 1.61. The van der Waals surface area contributed by atoms with Crippen molar-refractivity contribution in [2.45, 2.75) is 39.4 Å². The molecule has 2 aliphatic rings. The maximum Gasteiger partial charge on any atom is 0.274 e. The molecule has 3 heterocycles. The molecule has 2 unspecified atom stereocenters. The van der Waals surface area contributed by atoms with Gasteiger partial charge in [-0.2, -0.15) is 0 Å². The summed E-state index contributed by atoms with van der Waals surface area (Å²) in [6, 6.07) is 0. The van der Waals surface area contributed by atoms with Crippen molar-refractivity contribution < 1.29 is 19.1 Å². The molecule has 2 atom stereocenters. The molecule has 0 radical (unpaired) electrons. The lowest BCUT2D eigenvalue weighted by molar-refractivity contribution is -0.143. The summed E-state index contributed by atoms with van der Waals surface area (Å²) in [5.41, 5.74) is 1.07. The van der Waals surface area contributed by atoms with Crippen LogP contribution in [-0.4, -0.2) is 108 Å². The number of amides is 2. The predicted molar refractivity (Wildman–Crippen MR) is 111 cm³/mol. The van der Waals surface area contributed by atoms with E-state index >= 15 is 0 Å². The van der Waals surface area contributed by atoms with E-state index in [0.717, 1.165) is 25.3 Å². The highest BCUT2D eigenvalue weighted by molar-refractivity contribution is 5.92. The first-order valence-electron chi connectivity index (χ1n) is 10.7. The molecule has 0 aromatic carbocycles. The molecule has 0 bridgehead atoms. The number of hydrogen-bond acceptors (Lipinski definition) is 7. The third-order valence-electron chi connectivity index (χ3n) is 5.45. The van der Waals surface area contributed by atoms with E-state index in [0.29, 0.717) is 45.1 Å². The molecule has 2 amide bonds. The van der Waals surface area contributed by atoms with Crippen LogP contribution in [0.4, 0.5) is 0 Å². The summed E-state index contributed by atoms with van der Waals surface area (Å²) in [7, 11) is 0. The van der Waals surface area contributed by atoms with Gasteiger partial charge in [-0.05, 0) is 20.8 Å². The number of carbonyl (C=O) groups is 2. The highest BCUT2D eigenvalue weighted by Gasteiger charge is 2.27. The van der Waals surface area contributed by atoms with Gasteiger partial charge in [-0.1, -0.05) is 0 Å². The summed E-state index contributed by atoms with van der Waals surface area (Å²) in [4.78, 5) is 40.1. The maximum absolute atomic E-state index is 13.1. The van der Waals surface area contributed by atoms with Gasteiger partial charge in [0.25, 0.3) is 5.91 Å². The Morgan fingerprint density at radius 3 is 2.43 bits per heavy atom. The number of rotatable bonds is 7. The van der Waals surface area contributed by atoms with Gasteiger partial charge in [0.1, 0.15) is 5.69 Å². The molecule has 0 aliphatic carbocycles. The molecule has 2 aliphatic heterocycles. The number of morpholine rings is 2. The Morgan fingerprint density at radius 1 is 1.10 bits per heavy atom. The molecular weight excluding hydrogens is 386 g/mol. The van der Waals surface area contributed by atoms with E-state index in [1.54, 1.807) is 11.1 Å². The fourth-order valence-electron chi connectivity index (χ4n) is 3.84. The molecule has 2 fully saturated rings. The highest BCUT2D eigenvalue weighted by atomic mass is 16.5. The standard InChI is InChI=1S/C21H33N5O4/c1-16-12-23-19(13-22-16)21(28)25(7-6-24-8-10-29-11-9-24)5-4-20(27)26-14-17(2)30-18(3)15-26/h12-13,17-18H,4-11,14-15H2,1-3H3. The topological polar surface area (TPSA) is 88.1 Å². The lowest BCUT2D eigenvalue weighted by atomic mass is 10.2. The first-order valence-corrected chi connectivity index (χ1v) is 10.7. The first kappa shape index (κ1) is 22.6. The molecular formula is C21H33N5O4. The van der Waals surface area contributed by atoms with Crippen LogP contribution in [0.15, 0.2) is 12.4 Å². The zero-order valence-corrected chi connectivity index (χ0v) is 18.2. The van der Waals surface area contributed by atoms with Crippen molar-refractivity contribution in [3.8, 4) is 0 Å². The predicted octanol–water partition coefficient (Wildman–Crippen LogP) is 0.585. The van der Waals surface area contributed by atoms with Crippen LogP contribution in [0.25, 0.3) is 0 Å². The zero-order chi connectivity index (χ0) is 21.5. The molecule has 166 valence electrons. The minimum absolute atomic E-state index is 0.0274. The molecule has 3 rings (SSSR count). The second-order valence-corrected chi connectivity index (χ2v) is 8.10. The van der Waals surface area contributed by atoms with Crippen LogP contribution in [0.3, 0.4) is 0 Å². The number of carbonyl (C=O) groups excluding carboxylic acids is 2. The van der Waals surface area contributed by atoms with E-state index in [4.69, 9.17) is 9.47 Å². The molecule has 2 saturated heterocycles. The molecule has 9 heteroatoms. The average Bonchev–Trinajstić information content (AvgIpc) is 2.73. The molecule has 0 spiro atoms. The smallest absolute Gasteiger partial charge is 0.274 e. The molecule has 0 N–H and O–H groups in total. The number of ether oxygens (including phenoxy) is 2. The number of aryl methyl sites for hydroxylation is 1. The van der Waals surface area contributed by atoms with Crippen molar-refractivity contribution in [1.82, 2.24) is 24.7 Å². The average molecular weight is 420 g/mol. The van der Waals surface area contributed by atoms with Gasteiger partial charge in [0.05, 0.1) is 37.3 Å². The minimum Gasteiger partial charge on any atom is -0.379 e. The van der Waals surface area contributed by atoms with Gasteiger partial charge in [-0.3, -0.25) is 19.5 Å². The summed E-state index contributed by atoms with van der Waals surface area (Å²) in [6.07, 6.45) is 3.44. The lowest BCUT2D eigenvalue weighted by Gasteiger charge is -2.36. The molecule has 1 aromatic heterocycles. The van der Waals surface area contributed by atoms with Gasteiger partial charge in [-0.15, -0.1) is 0 Å². The SMILES string of the molecule is Cc1cnc(C(=O)N(CCC(=O)N2CC(C)OC(C)C2)CCN2CCOCC2)cn1. The van der Waals surface area contributed by atoms with Gasteiger partial charge in [0, 0.05) is 58.4 Å². The monoisotopic (exact) mass is 419 g/mol. The van der Waals surface area contributed by atoms with Crippen LogP contribution in [0, 0.1) is 6.92 Å². The van der Waals surface area contributed by atoms with Gasteiger partial charge in [0.2, 0.25) is 5.91 Å². The summed E-state index contributed by atoms with van der Waals surface area (Å²) < 4.78 is 11.1. The number of nitrogens with zero attached hydrogens (tertiary/aromatic N) is 5. The quantitative estimate of drug-likeness (QED) is 0.639. The normalized spacial score (nSPS) is 22.7. The van der Waals surface area contributed by atoms with Crippen molar-refractivity contribution >= 4 is 11.8 Å². The fourth-order valence-corrected chi connectivity index (χ4v) is 3.84. The van der Waals surface area contributed by atoms with Gasteiger partial charge >= 0.3 is 0 Å². The second-order valence-electron chi connectivity index (χ2n) is 8.10. The van der Waals surface area contributed by atoms with Crippen LogP contribution in [-0.2, 0) is 14.3 Å². The largest absolute Gasteiger partial charge is 0.379 e. The van der Waals surface area contributed by atoms with Crippen molar-refractivity contribution in [3.63, 3.8) is 0 Å². The van der Waals surface area contributed by atoms with Crippen LogP contribution in [0.1, 0.15) is 36.5 Å². The Bertz CT molecular complexity index is 698. The van der Waals surface area contributed by atoms with E-state index in [1.165, 1.54) is 6.20 Å². The maximum atomic E-state index is 13.1. The van der Waals surface area contributed by atoms with Crippen molar-refractivity contribution in [2.75, 3.05) is 59.0 Å². The number of hydrogen-bond donors (Lipinski definition) is 0. The second kappa shape index (κ2) is 10.8. The highest BCUT2D eigenvalue weighted by Crippen LogP contribution is 2.13. The third kappa shape index (κ3) is 6.45. The number of aromatic nitrogens is 2. The van der Waals surface area contributed by atoms with Crippen LogP contribution in [0.2, 0.25) is 0 Å². The fraction of sp³-hybridized carbons (Fsp3) is 0.714. The Labute approximate surface area is 178 Å². The van der Waals surface area contributed by atoms with E-state index in [9.17, 15) is 9.59 Å². The third-order valence-corrected chi connectivity index (χ3v) is 5.45. The van der Waals surface area contributed by atoms with Crippen LogP contribution < -0.4 is 0 Å². The Morgan fingerprint density at radius 2 is 1.80 bits per heavy atom. The van der Waals surface area contributed by atoms with E-state index in [2.05, 4.69) is 14.9 Å². The van der Waals surface area contributed by atoms with Gasteiger partial charge < -0.3 is 19.3 Å². The van der Waals surface area contributed by atoms with E-state index in [1.807, 2.05) is 25.7 Å². The summed E-state index contributed by atoms with van der Waals surface area (Å²) >= 11 is 0. The molecule has 30 heavy (non-hydrogen) atoms. The molecule has 9 nitrogen and oxygen atoms in total. The van der Waals surface area contributed by atoms with Crippen LogP contribution >= 0.6 is 0 Å². The van der Waals surface area contributed by atoms with Crippen molar-refractivity contribution in [3.05, 3.63) is 23.8 Å².